The van der Waals surface area contributed by atoms with Gasteiger partial charge in [0.05, 0.1) is 19.2 Å². The average molecular weight is 388 g/mol. The predicted octanol–water partition coefficient (Wildman–Crippen LogP) is 2.78. The molecule has 2 rings (SSSR count). The van der Waals surface area contributed by atoms with Crippen molar-refractivity contribution in [3.63, 3.8) is 0 Å². The van der Waals surface area contributed by atoms with Crippen molar-refractivity contribution < 1.29 is 23.5 Å². The highest BCUT2D eigenvalue weighted by Crippen LogP contribution is 2.16. The summed E-state index contributed by atoms with van der Waals surface area (Å²) in [7, 11) is 1.58. The van der Waals surface area contributed by atoms with E-state index in [0.717, 1.165) is 5.75 Å². The third-order valence-corrected chi connectivity index (χ3v) is 4.08. The van der Waals surface area contributed by atoms with Crippen molar-refractivity contribution in [1.82, 2.24) is 10.6 Å². The quantitative estimate of drug-likeness (QED) is 0.648. The van der Waals surface area contributed by atoms with E-state index in [9.17, 15) is 14.0 Å². The average Bonchev–Trinajstić information content (AvgIpc) is 2.69. The lowest BCUT2D eigenvalue weighted by molar-refractivity contribution is -0.124. The standard InChI is InChI=1S/C21H25FN2O4/c1-14(2)19(24-20(25)17-6-4-5-7-18(17)22)21(26)23-12-13-28-16-10-8-15(27-3)9-11-16/h4-11,14,19H,12-13H2,1-3H3,(H,23,26)(H,24,25)/t19-/m1/s1. The summed E-state index contributed by atoms with van der Waals surface area (Å²) in [5, 5.41) is 5.33. The Morgan fingerprint density at radius 2 is 1.68 bits per heavy atom. The van der Waals surface area contributed by atoms with Crippen LogP contribution < -0.4 is 20.1 Å². The first-order chi connectivity index (χ1) is 13.4. The first kappa shape index (κ1) is 21.2. The van der Waals surface area contributed by atoms with Crippen molar-refractivity contribution in [2.45, 2.75) is 19.9 Å². The molecule has 0 radical (unpaired) electrons. The number of ether oxygens (including phenoxy) is 2. The molecule has 0 aromatic heterocycles. The van der Waals surface area contributed by atoms with E-state index in [0.29, 0.717) is 5.75 Å². The Morgan fingerprint density at radius 3 is 2.29 bits per heavy atom. The second kappa shape index (κ2) is 10.3. The van der Waals surface area contributed by atoms with Crippen LogP contribution >= 0.6 is 0 Å². The maximum atomic E-state index is 13.8. The zero-order valence-electron chi connectivity index (χ0n) is 16.2. The van der Waals surface area contributed by atoms with Crippen LogP contribution in [0.2, 0.25) is 0 Å². The molecule has 2 aromatic rings. The number of carbonyl (C=O) groups is 2. The molecule has 2 N–H and O–H groups in total. The number of hydrogen-bond acceptors (Lipinski definition) is 4. The lowest BCUT2D eigenvalue weighted by Gasteiger charge is -2.22. The molecule has 0 aliphatic heterocycles. The van der Waals surface area contributed by atoms with Gasteiger partial charge in [0.25, 0.3) is 5.91 Å². The summed E-state index contributed by atoms with van der Waals surface area (Å²) in [4.78, 5) is 24.7. The topological polar surface area (TPSA) is 76.7 Å². The minimum absolute atomic E-state index is 0.0937. The van der Waals surface area contributed by atoms with E-state index in [4.69, 9.17) is 9.47 Å². The summed E-state index contributed by atoms with van der Waals surface area (Å²) in [5.41, 5.74) is -0.0937. The summed E-state index contributed by atoms with van der Waals surface area (Å²) in [5.74, 6) is -0.386. The summed E-state index contributed by atoms with van der Waals surface area (Å²) < 4.78 is 24.4. The molecule has 0 saturated heterocycles. The molecule has 2 amide bonds. The van der Waals surface area contributed by atoms with Gasteiger partial charge in [-0.05, 0) is 42.3 Å². The van der Waals surface area contributed by atoms with Gasteiger partial charge in [0.2, 0.25) is 5.91 Å². The van der Waals surface area contributed by atoms with Gasteiger partial charge in [0.1, 0.15) is 30.0 Å². The van der Waals surface area contributed by atoms with E-state index in [2.05, 4.69) is 10.6 Å². The number of amides is 2. The van der Waals surface area contributed by atoms with Crippen molar-refractivity contribution in [3.8, 4) is 11.5 Å². The highest BCUT2D eigenvalue weighted by atomic mass is 19.1. The molecule has 150 valence electrons. The van der Waals surface area contributed by atoms with Crippen LogP contribution in [0.1, 0.15) is 24.2 Å². The molecule has 0 heterocycles. The number of carbonyl (C=O) groups excluding carboxylic acids is 2. The maximum Gasteiger partial charge on any atom is 0.254 e. The summed E-state index contributed by atoms with van der Waals surface area (Å²) >= 11 is 0. The van der Waals surface area contributed by atoms with Crippen molar-refractivity contribution in [3.05, 3.63) is 59.9 Å². The van der Waals surface area contributed by atoms with Crippen LogP contribution in [-0.2, 0) is 4.79 Å². The van der Waals surface area contributed by atoms with Crippen LogP contribution in [-0.4, -0.2) is 38.1 Å². The highest BCUT2D eigenvalue weighted by Gasteiger charge is 2.25. The molecule has 0 aliphatic rings. The third-order valence-electron chi connectivity index (χ3n) is 4.08. The van der Waals surface area contributed by atoms with Crippen molar-refractivity contribution in [1.29, 1.82) is 0 Å². The fraction of sp³-hybridized carbons (Fsp3) is 0.333. The minimum atomic E-state index is -0.784. The molecule has 7 heteroatoms. The van der Waals surface area contributed by atoms with Crippen LogP contribution in [0.15, 0.2) is 48.5 Å². The lowest BCUT2D eigenvalue weighted by atomic mass is 10.0. The summed E-state index contributed by atoms with van der Waals surface area (Å²) in [6.07, 6.45) is 0. The molecule has 2 aromatic carbocycles. The molecule has 0 aliphatic carbocycles. The minimum Gasteiger partial charge on any atom is -0.497 e. The normalized spacial score (nSPS) is 11.6. The molecular weight excluding hydrogens is 363 g/mol. The smallest absolute Gasteiger partial charge is 0.254 e. The number of nitrogens with one attached hydrogen (secondary N) is 2. The highest BCUT2D eigenvalue weighted by molar-refractivity contribution is 5.97. The summed E-state index contributed by atoms with van der Waals surface area (Å²) in [6.45, 7) is 4.15. The number of halogens is 1. The van der Waals surface area contributed by atoms with Crippen LogP contribution in [0, 0.1) is 11.7 Å². The molecule has 0 unspecified atom stereocenters. The van der Waals surface area contributed by atoms with Gasteiger partial charge in [0, 0.05) is 0 Å². The Bertz CT molecular complexity index is 793. The third kappa shape index (κ3) is 5.97. The zero-order chi connectivity index (χ0) is 20.5. The number of rotatable bonds is 9. The SMILES string of the molecule is COc1ccc(OCCNC(=O)[C@H](NC(=O)c2ccccc2F)C(C)C)cc1. The first-order valence-corrected chi connectivity index (χ1v) is 9.02. The van der Waals surface area contributed by atoms with E-state index in [-0.39, 0.29) is 30.5 Å². The second-order valence-corrected chi connectivity index (χ2v) is 6.49. The molecular formula is C21H25FN2O4. The Morgan fingerprint density at radius 1 is 1.04 bits per heavy atom. The molecule has 0 spiro atoms. The van der Waals surface area contributed by atoms with Gasteiger partial charge >= 0.3 is 0 Å². The largest absolute Gasteiger partial charge is 0.497 e. The summed E-state index contributed by atoms with van der Waals surface area (Å²) in [6, 6.07) is 12.0. The van der Waals surface area contributed by atoms with Crippen LogP contribution in [0.25, 0.3) is 0 Å². The molecule has 0 bridgehead atoms. The van der Waals surface area contributed by atoms with Gasteiger partial charge in [-0.25, -0.2) is 4.39 Å². The molecule has 1 atom stereocenters. The van der Waals surface area contributed by atoms with Crippen molar-refractivity contribution in [2.24, 2.45) is 5.92 Å². The number of benzene rings is 2. The fourth-order valence-corrected chi connectivity index (χ4v) is 2.52. The van der Waals surface area contributed by atoms with Crippen molar-refractivity contribution >= 4 is 11.8 Å². The molecule has 0 fully saturated rings. The van der Waals surface area contributed by atoms with Gasteiger partial charge in [-0.2, -0.15) is 0 Å². The predicted molar refractivity (Wildman–Crippen MR) is 104 cm³/mol. The Labute approximate surface area is 164 Å². The zero-order valence-corrected chi connectivity index (χ0v) is 16.2. The van der Waals surface area contributed by atoms with Gasteiger partial charge < -0.3 is 20.1 Å². The molecule has 6 nitrogen and oxygen atoms in total. The van der Waals surface area contributed by atoms with Crippen LogP contribution in [0.5, 0.6) is 11.5 Å². The van der Waals surface area contributed by atoms with Crippen LogP contribution in [0.3, 0.4) is 0 Å². The van der Waals surface area contributed by atoms with E-state index >= 15 is 0 Å². The monoisotopic (exact) mass is 388 g/mol. The number of methoxy groups -OCH3 is 1. The Kier molecular flexibility index (Phi) is 7.80. The Balaban J connectivity index is 1.85. The van der Waals surface area contributed by atoms with Crippen molar-refractivity contribution in [2.75, 3.05) is 20.3 Å². The van der Waals surface area contributed by atoms with Gasteiger partial charge in [0.15, 0.2) is 0 Å². The van der Waals surface area contributed by atoms with E-state index in [1.165, 1.54) is 18.2 Å². The first-order valence-electron chi connectivity index (χ1n) is 9.02. The van der Waals surface area contributed by atoms with Gasteiger partial charge in [-0.3, -0.25) is 9.59 Å². The Hall–Kier alpha value is -3.09. The van der Waals surface area contributed by atoms with Gasteiger partial charge in [-0.1, -0.05) is 26.0 Å². The van der Waals surface area contributed by atoms with Crippen LogP contribution in [0.4, 0.5) is 4.39 Å². The van der Waals surface area contributed by atoms with E-state index < -0.39 is 17.8 Å². The molecule has 28 heavy (non-hydrogen) atoms. The molecule has 0 saturated carbocycles. The van der Waals surface area contributed by atoms with Gasteiger partial charge in [-0.15, -0.1) is 0 Å². The van der Waals surface area contributed by atoms with E-state index in [1.54, 1.807) is 51.3 Å². The fourth-order valence-electron chi connectivity index (χ4n) is 2.52. The number of hydrogen-bond donors (Lipinski definition) is 2. The second-order valence-electron chi connectivity index (χ2n) is 6.49. The van der Waals surface area contributed by atoms with E-state index in [1.807, 2.05) is 0 Å². The maximum absolute atomic E-state index is 13.8. The lowest BCUT2D eigenvalue weighted by Crippen LogP contribution is -2.50.